The lowest BCUT2D eigenvalue weighted by Gasteiger charge is -2.06. The number of benzene rings is 1. The lowest BCUT2D eigenvalue weighted by Crippen LogP contribution is -2.11. The van der Waals surface area contributed by atoms with E-state index >= 15 is 0 Å². The average Bonchev–Trinajstić information content (AvgIpc) is 3.35. The van der Waals surface area contributed by atoms with Gasteiger partial charge in [0.1, 0.15) is 5.82 Å². The maximum atomic E-state index is 11.4. The van der Waals surface area contributed by atoms with Crippen molar-refractivity contribution in [2.24, 2.45) is 5.73 Å². The van der Waals surface area contributed by atoms with Gasteiger partial charge in [-0.2, -0.15) is 5.10 Å². The molecule has 0 aliphatic heterocycles. The Labute approximate surface area is 148 Å². The van der Waals surface area contributed by atoms with Gasteiger partial charge in [0.15, 0.2) is 11.6 Å². The number of H-pyrrole nitrogens is 1. The van der Waals surface area contributed by atoms with Gasteiger partial charge in [-0.3, -0.25) is 9.89 Å². The van der Waals surface area contributed by atoms with E-state index in [1.54, 1.807) is 30.5 Å². The molecule has 0 saturated heterocycles. The van der Waals surface area contributed by atoms with Gasteiger partial charge in [-0.25, -0.2) is 9.97 Å². The Morgan fingerprint density at radius 1 is 1.24 bits per heavy atom. The summed E-state index contributed by atoms with van der Waals surface area (Å²) in [4.78, 5) is 20.2. The van der Waals surface area contributed by atoms with Crippen molar-refractivity contribution in [1.82, 2.24) is 20.2 Å². The fourth-order valence-corrected chi connectivity index (χ4v) is 2.77. The number of aromatic amines is 1. The van der Waals surface area contributed by atoms with Crippen LogP contribution in [0.15, 0.2) is 36.5 Å². The quantitative estimate of drug-likeness (QED) is 0.651. The third-order valence-electron chi connectivity index (χ3n) is 4.02. The Balaban J connectivity index is 1.60. The lowest BCUT2D eigenvalue weighted by atomic mass is 10.1. The topological polar surface area (TPSA) is 110 Å². The van der Waals surface area contributed by atoms with Gasteiger partial charge in [-0.1, -0.05) is 11.6 Å². The van der Waals surface area contributed by atoms with Gasteiger partial charge in [-0.15, -0.1) is 0 Å². The van der Waals surface area contributed by atoms with Crippen LogP contribution in [0.5, 0.6) is 0 Å². The molecule has 0 unspecified atom stereocenters. The first-order valence-corrected chi connectivity index (χ1v) is 8.23. The van der Waals surface area contributed by atoms with E-state index in [9.17, 15) is 4.79 Å². The van der Waals surface area contributed by atoms with Crippen molar-refractivity contribution >= 4 is 29.1 Å². The van der Waals surface area contributed by atoms with Crippen molar-refractivity contribution in [3.8, 4) is 11.4 Å². The number of carbonyl (C=O) groups excluding carboxylic acids is 1. The molecule has 3 aromatic rings. The highest BCUT2D eigenvalue weighted by molar-refractivity contribution is 6.33. The number of hydrogen-bond acceptors (Lipinski definition) is 5. The van der Waals surface area contributed by atoms with Gasteiger partial charge >= 0.3 is 0 Å². The summed E-state index contributed by atoms with van der Waals surface area (Å²) in [6.45, 7) is 0. The minimum absolute atomic E-state index is 0.238. The number of primary amides is 1. The summed E-state index contributed by atoms with van der Waals surface area (Å²) in [6, 6.07) is 8.68. The van der Waals surface area contributed by atoms with Crippen molar-refractivity contribution in [1.29, 1.82) is 0 Å². The molecular formula is C17H15ClN6O. The average molecular weight is 355 g/mol. The van der Waals surface area contributed by atoms with Gasteiger partial charge in [0.2, 0.25) is 5.91 Å². The standard InChI is InChI=1S/C17H15ClN6O/c18-12-4-3-10(7-11(12)16(19)25)17-20-6-5-14(22-17)21-15-8-13(23-24-15)9-1-2-9/h3-9H,1-2H2,(H2,19,25)(H2,20,21,22,23,24). The highest BCUT2D eigenvalue weighted by atomic mass is 35.5. The second-order valence-corrected chi connectivity index (χ2v) is 6.34. The zero-order valence-corrected chi connectivity index (χ0v) is 13.9. The van der Waals surface area contributed by atoms with Crippen molar-refractivity contribution < 1.29 is 4.79 Å². The van der Waals surface area contributed by atoms with Gasteiger partial charge < -0.3 is 11.1 Å². The number of carbonyl (C=O) groups is 1. The predicted molar refractivity (Wildman–Crippen MR) is 94.8 cm³/mol. The lowest BCUT2D eigenvalue weighted by molar-refractivity contribution is 0.100. The van der Waals surface area contributed by atoms with Crippen molar-refractivity contribution in [2.75, 3.05) is 5.32 Å². The van der Waals surface area contributed by atoms with E-state index < -0.39 is 5.91 Å². The molecular weight excluding hydrogens is 340 g/mol. The second-order valence-electron chi connectivity index (χ2n) is 5.93. The minimum Gasteiger partial charge on any atom is -0.366 e. The van der Waals surface area contributed by atoms with Crippen LogP contribution in [0.3, 0.4) is 0 Å². The first-order chi connectivity index (χ1) is 12.1. The summed E-state index contributed by atoms with van der Waals surface area (Å²) in [5.74, 6) is 1.78. The van der Waals surface area contributed by atoms with Crippen LogP contribution in [0.2, 0.25) is 5.02 Å². The largest absolute Gasteiger partial charge is 0.366 e. The molecule has 1 amide bonds. The summed E-state index contributed by atoms with van der Waals surface area (Å²) < 4.78 is 0. The molecule has 0 bridgehead atoms. The number of aromatic nitrogens is 4. The van der Waals surface area contributed by atoms with Crippen LogP contribution < -0.4 is 11.1 Å². The molecule has 0 radical (unpaired) electrons. The van der Waals surface area contributed by atoms with Gasteiger partial charge in [0, 0.05) is 29.4 Å². The van der Waals surface area contributed by atoms with Crippen LogP contribution in [-0.2, 0) is 0 Å². The SMILES string of the molecule is NC(=O)c1cc(-c2nccc(Nc3cc(C4CC4)[nH]n3)n2)ccc1Cl. The monoisotopic (exact) mass is 354 g/mol. The Kier molecular flexibility index (Phi) is 3.85. The number of nitrogens with two attached hydrogens (primary N) is 1. The number of halogens is 1. The van der Waals surface area contributed by atoms with Gasteiger partial charge in [0.05, 0.1) is 10.6 Å². The van der Waals surface area contributed by atoms with E-state index in [0.29, 0.717) is 34.0 Å². The minimum atomic E-state index is -0.592. The molecule has 2 aromatic heterocycles. The maximum Gasteiger partial charge on any atom is 0.250 e. The third kappa shape index (κ3) is 3.32. The molecule has 1 aliphatic rings. The summed E-state index contributed by atoms with van der Waals surface area (Å²) >= 11 is 5.98. The molecule has 126 valence electrons. The number of nitrogens with one attached hydrogen (secondary N) is 2. The number of anilines is 2. The fraction of sp³-hybridized carbons (Fsp3) is 0.176. The molecule has 4 rings (SSSR count). The number of rotatable bonds is 5. The Hall–Kier alpha value is -2.93. The van der Waals surface area contributed by atoms with E-state index in [1.807, 2.05) is 6.07 Å². The first-order valence-electron chi connectivity index (χ1n) is 7.85. The first kappa shape index (κ1) is 15.6. The van der Waals surface area contributed by atoms with Crippen LogP contribution in [-0.4, -0.2) is 26.1 Å². The summed E-state index contributed by atoms with van der Waals surface area (Å²) in [5.41, 5.74) is 7.37. The molecule has 1 saturated carbocycles. The summed E-state index contributed by atoms with van der Waals surface area (Å²) in [5, 5.41) is 10.7. The third-order valence-corrected chi connectivity index (χ3v) is 4.35. The van der Waals surface area contributed by atoms with E-state index in [0.717, 1.165) is 5.69 Å². The Morgan fingerprint density at radius 2 is 2.08 bits per heavy atom. The van der Waals surface area contributed by atoms with Crippen LogP contribution in [0.25, 0.3) is 11.4 Å². The van der Waals surface area contributed by atoms with Gasteiger partial charge in [0.25, 0.3) is 0 Å². The van der Waals surface area contributed by atoms with E-state index in [4.69, 9.17) is 17.3 Å². The van der Waals surface area contributed by atoms with E-state index in [-0.39, 0.29) is 5.56 Å². The van der Waals surface area contributed by atoms with Crippen LogP contribution in [0.1, 0.15) is 34.8 Å². The maximum absolute atomic E-state index is 11.4. The summed E-state index contributed by atoms with van der Waals surface area (Å²) in [7, 11) is 0. The molecule has 1 fully saturated rings. The molecule has 4 N–H and O–H groups in total. The number of nitrogens with zero attached hydrogens (tertiary/aromatic N) is 3. The van der Waals surface area contributed by atoms with Crippen molar-refractivity contribution in [3.05, 3.63) is 52.8 Å². The molecule has 0 spiro atoms. The van der Waals surface area contributed by atoms with Crippen LogP contribution >= 0.6 is 11.6 Å². The second kappa shape index (κ2) is 6.18. The molecule has 0 atom stereocenters. The number of hydrogen-bond donors (Lipinski definition) is 3. The molecule has 25 heavy (non-hydrogen) atoms. The highest BCUT2D eigenvalue weighted by Gasteiger charge is 2.25. The predicted octanol–water partition coefficient (Wildman–Crippen LogP) is 3.24. The fourth-order valence-electron chi connectivity index (χ4n) is 2.56. The van der Waals surface area contributed by atoms with Crippen LogP contribution in [0, 0.1) is 0 Å². The summed E-state index contributed by atoms with van der Waals surface area (Å²) in [6.07, 6.45) is 4.05. The van der Waals surface area contributed by atoms with E-state index in [2.05, 4.69) is 25.5 Å². The molecule has 7 nitrogen and oxygen atoms in total. The molecule has 1 aliphatic carbocycles. The smallest absolute Gasteiger partial charge is 0.250 e. The number of amides is 1. The van der Waals surface area contributed by atoms with E-state index in [1.165, 1.54) is 12.8 Å². The zero-order chi connectivity index (χ0) is 17.4. The van der Waals surface area contributed by atoms with Gasteiger partial charge in [-0.05, 0) is 37.1 Å². The molecule has 2 heterocycles. The van der Waals surface area contributed by atoms with Crippen LogP contribution in [0.4, 0.5) is 11.6 Å². The normalized spacial score (nSPS) is 13.6. The highest BCUT2D eigenvalue weighted by Crippen LogP contribution is 2.39. The molecule has 8 heteroatoms. The Bertz CT molecular complexity index is 950. The molecule has 1 aromatic carbocycles. The Morgan fingerprint density at radius 3 is 2.84 bits per heavy atom. The van der Waals surface area contributed by atoms with Crippen molar-refractivity contribution in [2.45, 2.75) is 18.8 Å². The van der Waals surface area contributed by atoms with Crippen molar-refractivity contribution in [3.63, 3.8) is 0 Å². The zero-order valence-electron chi connectivity index (χ0n) is 13.2.